The number of halogens is 2. The van der Waals surface area contributed by atoms with E-state index in [-0.39, 0.29) is 11.5 Å². The lowest BCUT2D eigenvalue weighted by Crippen LogP contribution is -2.46. The standard InChI is InChI=1S/2C21H21ClN2O3/c1-14-17-12-20(21(25)26)27-19(17)6-5-18(14)24-9-7-23(8-10-24)13-15-3-2-4-16(22)11-15;1-14-16-12-20(21(25)26)27-19(16)7-6-18(14)24-10-8-23(9-11-24)13-15-4-2-3-5-17(15)22/h2-6,11-12H,7-10,13H2,1H3,(H,25,26);2-7,12H,8-11,13H2,1H3,(H,25,26). The van der Waals surface area contributed by atoms with Gasteiger partial charge >= 0.3 is 11.9 Å². The van der Waals surface area contributed by atoms with Crippen molar-refractivity contribution in [1.29, 1.82) is 0 Å². The molecule has 2 fully saturated rings. The van der Waals surface area contributed by atoms with E-state index >= 15 is 0 Å². The minimum atomic E-state index is -1.04. The highest BCUT2D eigenvalue weighted by Crippen LogP contribution is 2.33. The predicted molar refractivity (Wildman–Crippen MR) is 214 cm³/mol. The molecule has 2 aliphatic heterocycles. The van der Waals surface area contributed by atoms with Gasteiger partial charge in [-0.15, -0.1) is 0 Å². The number of aryl methyl sites for hydroxylation is 2. The highest BCUT2D eigenvalue weighted by atomic mass is 35.5. The molecule has 0 bridgehead atoms. The number of rotatable bonds is 8. The Morgan fingerprint density at radius 3 is 1.59 bits per heavy atom. The zero-order valence-electron chi connectivity index (χ0n) is 30.2. The number of benzene rings is 4. The number of hydrogen-bond donors (Lipinski definition) is 2. The van der Waals surface area contributed by atoms with Gasteiger partial charge in [-0.3, -0.25) is 9.80 Å². The number of hydrogen-bond acceptors (Lipinski definition) is 8. The molecule has 10 nitrogen and oxygen atoms in total. The van der Waals surface area contributed by atoms with Crippen LogP contribution in [-0.2, 0) is 13.1 Å². The third-order valence-electron chi connectivity index (χ3n) is 10.4. The number of anilines is 2. The van der Waals surface area contributed by atoms with E-state index < -0.39 is 11.9 Å². The Morgan fingerprint density at radius 1 is 0.611 bits per heavy atom. The summed E-state index contributed by atoms with van der Waals surface area (Å²) in [5.41, 5.74) is 8.02. The third-order valence-corrected chi connectivity index (χ3v) is 11.0. The van der Waals surface area contributed by atoms with Crippen LogP contribution in [0.4, 0.5) is 11.4 Å². The molecule has 0 radical (unpaired) electrons. The van der Waals surface area contributed by atoms with Gasteiger partial charge in [-0.2, -0.15) is 0 Å². The summed E-state index contributed by atoms with van der Waals surface area (Å²) in [5, 5.41) is 21.6. The summed E-state index contributed by atoms with van der Waals surface area (Å²) >= 11 is 12.4. The largest absolute Gasteiger partial charge is 0.475 e. The van der Waals surface area contributed by atoms with Crippen molar-refractivity contribution in [1.82, 2.24) is 9.80 Å². The fourth-order valence-corrected chi connectivity index (χ4v) is 7.84. The smallest absolute Gasteiger partial charge is 0.371 e. The molecule has 2 N–H and O–H groups in total. The average molecular weight is 770 g/mol. The van der Waals surface area contributed by atoms with Crippen LogP contribution in [0.15, 0.2) is 93.8 Å². The van der Waals surface area contributed by atoms with E-state index in [0.717, 1.165) is 114 Å². The first-order valence-electron chi connectivity index (χ1n) is 18.0. The Labute approximate surface area is 323 Å². The van der Waals surface area contributed by atoms with Gasteiger partial charge in [0, 0.05) is 97.6 Å². The van der Waals surface area contributed by atoms with Crippen molar-refractivity contribution in [3.63, 3.8) is 0 Å². The molecule has 0 atom stereocenters. The summed E-state index contributed by atoms with van der Waals surface area (Å²) in [6.45, 7) is 13.3. The molecule has 0 amide bonds. The van der Waals surface area contributed by atoms with Crippen LogP contribution in [0, 0.1) is 13.8 Å². The van der Waals surface area contributed by atoms with Gasteiger partial charge in [0.25, 0.3) is 0 Å². The predicted octanol–water partition coefficient (Wildman–Crippen LogP) is 8.83. The van der Waals surface area contributed by atoms with Gasteiger partial charge in [0.2, 0.25) is 11.5 Å². The quantitative estimate of drug-likeness (QED) is 0.156. The van der Waals surface area contributed by atoms with E-state index in [1.165, 1.54) is 5.56 Å². The maximum absolute atomic E-state index is 11.2. The molecule has 4 aromatic carbocycles. The Morgan fingerprint density at radius 2 is 1.11 bits per heavy atom. The van der Waals surface area contributed by atoms with E-state index in [1.807, 2.05) is 74.5 Å². The van der Waals surface area contributed by atoms with Crippen LogP contribution < -0.4 is 9.80 Å². The van der Waals surface area contributed by atoms with E-state index in [2.05, 4.69) is 31.7 Å². The van der Waals surface area contributed by atoms with Gasteiger partial charge in [-0.05, 0) is 90.7 Å². The van der Waals surface area contributed by atoms with Crippen molar-refractivity contribution >= 4 is 68.5 Å². The molecule has 6 aromatic rings. The highest BCUT2D eigenvalue weighted by molar-refractivity contribution is 6.31. The summed E-state index contributed by atoms with van der Waals surface area (Å²) in [6.07, 6.45) is 0. The van der Waals surface area contributed by atoms with Crippen LogP contribution in [0.25, 0.3) is 21.9 Å². The molecule has 12 heteroatoms. The molecular formula is C42H42Cl2N4O6. The second kappa shape index (κ2) is 16.2. The lowest BCUT2D eigenvalue weighted by atomic mass is 10.1. The van der Waals surface area contributed by atoms with Crippen molar-refractivity contribution in [2.45, 2.75) is 26.9 Å². The van der Waals surface area contributed by atoms with Crippen LogP contribution in [0.2, 0.25) is 10.0 Å². The molecule has 2 aromatic heterocycles. The number of carboxylic acid groups (broad SMARTS) is 2. The Balaban J connectivity index is 0.000000167. The first kappa shape index (κ1) is 37.3. The zero-order valence-corrected chi connectivity index (χ0v) is 31.7. The summed E-state index contributed by atoms with van der Waals surface area (Å²) in [6, 6.07) is 27.0. The minimum Gasteiger partial charge on any atom is -0.475 e. The van der Waals surface area contributed by atoms with Crippen LogP contribution in [0.1, 0.15) is 43.4 Å². The lowest BCUT2D eigenvalue weighted by molar-refractivity contribution is 0.0655. The Bertz CT molecular complexity index is 2300. The van der Waals surface area contributed by atoms with Crippen molar-refractivity contribution in [3.8, 4) is 0 Å². The van der Waals surface area contributed by atoms with Crippen LogP contribution in [0.5, 0.6) is 0 Å². The fourth-order valence-electron chi connectivity index (χ4n) is 7.43. The monoisotopic (exact) mass is 768 g/mol. The molecule has 0 aliphatic carbocycles. The lowest BCUT2D eigenvalue weighted by Gasteiger charge is -2.37. The SMILES string of the molecule is Cc1c(N2CCN(Cc3cccc(Cl)c3)CC2)ccc2oc(C(=O)O)cc12.Cc1c(N2CCN(Cc3ccccc3Cl)CC2)ccc2oc(C(=O)O)cc12. The first-order chi connectivity index (χ1) is 26.0. The van der Waals surface area contributed by atoms with E-state index in [9.17, 15) is 9.59 Å². The maximum atomic E-state index is 11.2. The molecule has 2 aliphatic rings. The van der Waals surface area contributed by atoms with Gasteiger partial charge in [-0.1, -0.05) is 53.5 Å². The number of fused-ring (bicyclic) bond motifs is 2. The molecule has 0 spiro atoms. The number of aromatic carboxylic acids is 2. The topological polar surface area (TPSA) is 114 Å². The second-order valence-corrected chi connectivity index (χ2v) is 14.7. The minimum absolute atomic E-state index is 0.0170. The van der Waals surface area contributed by atoms with Crippen molar-refractivity contribution in [2.75, 3.05) is 62.2 Å². The van der Waals surface area contributed by atoms with E-state index in [4.69, 9.17) is 42.2 Å². The number of carbonyl (C=O) groups is 2. The second-order valence-electron chi connectivity index (χ2n) is 13.8. The Hall–Kier alpha value is -5.00. The maximum Gasteiger partial charge on any atom is 0.371 e. The summed E-state index contributed by atoms with van der Waals surface area (Å²) in [7, 11) is 0. The third kappa shape index (κ3) is 8.22. The number of piperazine rings is 2. The van der Waals surface area contributed by atoms with Crippen LogP contribution >= 0.6 is 23.2 Å². The summed E-state index contributed by atoms with van der Waals surface area (Å²) in [4.78, 5) is 31.9. The van der Waals surface area contributed by atoms with Crippen molar-refractivity contribution < 1.29 is 28.6 Å². The molecule has 0 saturated carbocycles. The Kier molecular flexibility index (Phi) is 11.2. The van der Waals surface area contributed by atoms with Gasteiger partial charge in [0.1, 0.15) is 11.2 Å². The van der Waals surface area contributed by atoms with Gasteiger partial charge in [-0.25, -0.2) is 9.59 Å². The zero-order chi connectivity index (χ0) is 37.9. The van der Waals surface area contributed by atoms with Gasteiger partial charge in [0.05, 0.1) is 0 Å². The summed E-state index contributed by atoms with van der Waals surface area (Å²) in [5.74, 6) is -2.12. The molecule has 280 valence electrons. The van der Waals surface area contributed by atoms with Crippen LogP contribution in [-0.4, -0.2) is 84.3 Å². The summed E-state index contributed by atoms with van der Waals surface area (Å²) < 4.78 is 10.8. The van der Waals surface area contributed by atoms with Crippen molar-refractivity contribution in [2.24, 2.45) is 0 Å². The molecule has 4 heterocycles. The molecular weight excluding hydrogens is 727 g/mol. The van der Waals surface area contributed by atoms with Gasteiger partial charge < -0.3 is 28.8 Å². The number of carboxylic acids is 2. The normalized spacial score (nSPS) is 15.4. The molecule has 0 unspecified atom stereocenters. The van der Waals surface area contributed by atoms with Crippen LogP contribution in [0.3, 0.4) is 0 Å². The molecule has 54 heavy (non-hydrogen) atoms. The van der Waals surface area contributed by atoms with E-state index in [1.54, 1.807) is 12.1 Å². The first-order valence-corrected chi connectivity index (χ1v) is 18.7. The van der Waals surface area contributed by atoms with Crippen molar-refractivity contribution in [3.05, 3.63) is 129 Å². The number of furan rings is 2. The van der Waals surface area contributed by atoms with Gasteiger partial charge in [0.15, 0.2) is 0 Å². The fraction of sp³-hybridized carbons (Fsp3) is 0.286. The van der Waals surface area contributed by atoms with E-state index in [0.29, 0.717) is 11.2 Å². The average Bonchev–Trinajstić information content (AvgIpc) is 3.81. The highest BCUT2D eigenvalue weighted by Gasteiger charge is 2.23. The molecule has 8 rings (SSSR count). The molecule has 2 saturated heterocycles. The number of nitrogens with zero attached hydrogens (tertiary/aromatic N) is 4.